The Labute approximate surface area is 105 Å². The molecule has 2 N–H and O–H groups in total. The van der Waals surface area contributed by atoms with Crippen molar-refractivity contribution in [3.8, 4) is 0 Å². The fraction of sp³-hybridized carbons (Fsp3) is 0.636. The molecule has 1 rings (SSSR count). The number of aliphatic hydroxyl groups excluding tert-OH is 1. The normalized spacial score (nSPS) is 10.8. The summed E-state index contributed by atoms with van der Waals surface area (Å²) in [6, 6.07) is 1.43. The van der Waals surface area contributed by atoms with Gasteiger partial charge >= 0.3 is 5.69 Å². The van der Waals surface area contributed by atoms with Crippen LogP contribution in [0.1, 0.15) is 5.69 Å². The van der Waals surface area contributed by atoms with Crippen molar-refractivity contribution in [2.24, 2.45) is 14.1 Å². The second-order valence-electron chi connectivity index (χ2n) is 3.89. The quantitative estimate of drug-likeness (QED) is 0.562. The van der Waals surface area contributed by atoms with Gasteiger partial charge in [0, 0.05) is 38.9 Å². The van der Waals surface area contributed by atoms with Crippen LogP contribution in [0.4, 0.5) is 0 Å². The van der Waals surface area contributed by atoms with Crippen LogP contribution in [-0.4, -0.2) is 40.6 Å². The van der Waals surface area contributed by atoms with Gasteiger partial charge in [0.25, 0.3) is 5.56 Å². The number of ether oxygens (including phenoxy) is 1. The first-order valence-corrected chi connectivity index (χ1v) is 5.73. The van der Waals surface area contributed by atoms with E-state index in [9.17, 15) is 9.59 Å². The van der Waals surface area contributed by atoms with Crippen LogP contribution in [0.15, 0.2) is 15.7 Å². The molecule has 1 aromatic rings. The van der Waals surface area contributed by atoms with Gasteiger partial charge in [-0.05, 0) is 0 Å². The Hall–Kier alpha value is -1.44. The highest BCUT2D eigenvalue weighted by Crippen LogP contribution is 1.89. The average molecular weight is 257 g/mol. The van der Waals surface area contributed by atoms with Crippen molar-refractivity contribution in [3.05, 3.63) is 32.6 Å². The van der Waals surface area contributed by atoms with Crippen molar-refractivity contribution in [2.45, 2.75) is 6.54 Å². The van der Waals surface area contributed by atoms with Gasteiger partial charge in [-0.2, -0.15) is 0 Å². The third kappa shape index (κ3) is 3.80. The Bertz CT molecular complexity index is 492. The van der Waals surface area contributed by atoms with Gasteiger partial charge in [-0.25, -0.2) is 4.79 Å². The lowest BCUT2D eigenvalue weighted by molar-refractivity contribution is 0.0937. The zero-order valence-corrected chi connectivity index (χ0v) is 10.7. The fourth-order valence-corrected chi connectivity index (χ4v) is 1.48. The molecule has 0 saturated heterocycles. The second-order valence-corrected chi connectivity index (χ2v) is 3.89. The molecule has 7 heteroatoms. The van der Waals surface area contributed by atoms with Gasteiger partial charge in [-0.15, -0.1) is 0 Å². The van der Waals surface area contributed by atoms with Gasteiger partial charge in [0.15, 0.2) is 0 Å². The van der Waals surface area contributed by atoms with E-state index < -0.39 is 0 Å². The summed E-state index contributed by atoms with van der Waals surface area (Å²) in [6.07, 6.45) is 0. The zero-order chi connectivity index (χ0) is 13.5. The van der Waals surface area contributed by atoms with Crippen LogP contribution >= 0.6 is 0 Å². The highest BCUT2D eigenvalue weighted by Gasteiger charge is 2.04. The molecular weight excluding hydrogens is 238 g/mol. The number of nitrogens with zero attached hydrogens (tertiary/aromatic N) is 2. The first-order chi connectivity index (χ1) is 8.57. The van der Waals surface area contributed by atoms with Crippen LogP contribution in [0.3, 0.4) is 0 Å². The van der Waals surface area contributed by atoms with Gasteiger partial charge in [0.05, 0.1) is 19.8 Å². The van der Waals surface area contributed by atoms with E-state index >= 15 is 0 Å². The molecule has 0 radical (unpaired) electrons. The average Bonchev–Trinajstić information content (AvgIpc) is 2.37. The first kappa shape index (κ1) is 14.6. The number of aliphatic hydroxyl groups is 1. The van der Waals surface area contributed by atoms with E-state index in [4.69, 9.17) is 9.84 Å². The maximum atomic E-state index is 11.6. The van der Waals surface area contributed by atoms with Gasteiger partial charge in [0.1, 0.15) is 0 Å². The molecule has 0 spiro atoms. The third-order valence-corrected chi connectivity index (χ3v) is 2.59. The Morgan fingerprint density at radius 3 is 2.67 bits per heavy atom. The molecule has 0 aliphatic carbocycles. The van der Waals surface area contributed by atoms with Crippen LogP contribution in [0.2, 0.25) is 0 Å². The summed E-state index contributed by atoms with van der Waals surface area (Å²) >= 11 is 0. The lowest BCUT2D eigenvalue weighted by Gasteiger charge is -2.10. The van der Waals surface area contributed by atoms with Crippen molar-refractivity contribution in [1.82, 2.24) is 14.5 Å². The summed E-state index contributed by atoms with van der Waals surface area (Å²) in [6.45, 7) is 1.79. The molecule has 0 atom stereocenters. The number of nitrogens with one attached hydrogen (secondary N) is 1. The zero-order valence-electron chi connectivity index (χ0n) is 10.7. The number of hydrogen-bond donors (Lipinski definition) is 2. The topological polar surface area (TPSA) is 85.5 Å². The molecule has 0 fully saturated rings. The maximum Gasteiger partial charge on any atom is 0.330 e. The standard InChI is InChI=1S/C11H19N3O4/c1-13-9(7-10(16)14(2)11(13)17)8-12-3-5-18-6-4-15/h7,12,15H,3-6,8H2,1-2H3. The predicted octanol–water partition coefficient (Wildman–Crippen LogP) is -1.82. The van der Waals surface area contributed by atoms with E-state index in [0.29, 0.717) is 32.0 Å². The largest absolute Gasteiger partial charge is 0.394 e. The van der Waals surface area contributed by atoms with E-state index in [0.717, 1.165) is 4.57 Å². The summed E-state index contributed by atoms with van der Waals surface area (Å²) in [4.78, 5) is 23.1. The first-order valence-electron chi connectivity index (χ1n) is 5.73. The Kier molecular flexibility index (Phi) is 5.76. The van der Waals surface area contributed by atoms with Crippen molar-refractivity contribution in [3.63, 3.8) is 0 Å². The van der Waals surface area contributed by atoms with Crippen LogP contribution in [0.5, 0.6) is 0 Å². The minimum absolute atomic E-state index is 0.00320. The van der Waals surface area contributed by atoms with Gasteiger partial charge in [0.2, 0.25) is 0 Å². The molecular formula is C11H19N3O4. The van der Waals surface area contributed by atoms with Crippen molar-refractivity contribution in [1.29, 1.82) is 0 Å². The molecule has 0 aliphatic rings. The van der Waals surface area contributed by atoms with Crippen LogP contribution in [0.25, 0.3) is 0 Å². The van der Waals surface area contributed by atoms with Crippen molar-refractivity contribution < 1.29 is 9.84 Å². The second kappa shape index (κ2) is 7.10. The highest BCUT2D eigenvalue weighted by molar-refractivity contribution is 5.01. The molecule has 0 aliphatic heterocycles. The molecule has 1 aromatic heterocycles. The lowest BCUT2D eigenvalue weighted by Crippen LogP contribution is -2.39. The lowest BCUT2D eigenvalue weighted by atomic mass is 10.4. The van der Waals surface area contributed by atoms with Gasteiger partial charge in [-0.1, -0.05) is 0 Å². The highest BCUT2D eigenvalue weighted by atomic mass is 16.5. The van der Waals surface area contributed by atoms with E-state index in [1.54, 1.807) is 7.05 Å². The molecule has 7 nitrogen and oxygen atoms in total. The third-order valence-electron chi connectivity index (χ3n) is 2.59. The Balaban J connectivity index is 2.53. The summed E-state index contributed by atoms with van der Waals surface area (Å²) in [5, 5.41) is 11.6. The summed E-state index contributed by atoms with van der Waals surface area (Å²) < 4.78 is 7.57. The van der Waals surface area contributed by atoms with Crippen LogP contribution in [0, 0.1) is 0 Å². The molecule has 0 bridgehead atoms. The number of hydrogen-bond acceptors (Lipinski definition) is 5. The molecule has 0 unspecified atom stereocenters. The van der Waals surface area contributed by atoms with Gasteiger partial charge in [-0.3, -0.25) is 13.9 Å². The molecule has 0 saturated carbocycles. The van der Waals surface area contributed by atoms with E-state index in [-0.39, 0.29) is 17.9 Å². The fourth-order valence-electron chi connectivity index (χ4n) is 1.48. The van der Waals surface area contributed by atoms with E-state index in [1.807, 2.05) is 0 Å². The van der Waals surface area contributed by atoms with Crippen molar-refractivity contribution in [2.75, 3.05) is 26.4 Å². The molecule has 0 aromatic carbocycles. The number of rotatable bonds is 7. The molecule has 18 heavy (non-hydrogen) atoms. The van der Waals surface area contributed by atoms with Crippen LogP contribution < -0.4 is 16.6 Å². The maximum absolute atomic E-state index is 11.6. The minimum Gasteiger partial charge on any atom is -0.394 e. The van der Waals surface area contributed by atoms with E-state index in [1.165, 1.54) is 17.7 Å². The molecule has 0 amide bonds. The van der Waals surface area contributed by atoms with Crippen molar-refractivity contribution >= 4 is 0 Å². The summed E-state index contributed by atoms with van der Waals surface area (Å²) in [5.41, 5.74) is -0.0208. The Morgan fingerprint density at radius 2 is 2.00 bits per heavy atom. The molecule has 102 valence electrons. The van der Waals surface area contributed by atoms with Crippen LogP contribution in [-0.2, 0) is 25.4 Å². The monoisotopic (exact) mass is 257 g/mol. The smallest absolute Gasteiger partial charge is 0.330 e. The molecule has 1 heterocycles. The number of aromatic nitrogens is 2. The Morgan fingerprint density at radius 1 is 1.28 bits per heavy atom. The summed E-state index contributed by atoms with van der Waals surface area (Å²) in [5.74, 6) is 0. The summed E-state index contributed by atoms with van der Waals surface area (Å²) in [7, 11) is 3.08. The van der Waals surface area contributed by atoms with E-state index in [2.05, 4.69) is 5.32 Å². The van der Waals surface area contributed by atoms with Gasteiger partial charge < -0.3 is 15.2 Å². The predicted molar refractivity (Wildman–Crippen MR) is 66.5 cm³/mol. The minimum atomic E-state index is -0.337. The SMILES string of the molecule is Cn1c(CNCCOCCO)cc(=O)n(C)c1=O.